The van der Waals surface area contributed by atoms with E-state index in [9.17, 15) is 28.2 Å². The first-order valence-corrected chi connectivity index (χ1v) is 13.4. The van der Waals surface area contributed by atoms with Gasteiger partial charge in [-0.15, -0.1) is 0 Å². The Labute approximate surface area is 238 Å². The molecule has 2 aromatic carbocycles. The largest absolute Gasteiger partial charge is 0.508 e. The number of nitrogens with zero attached hydrogens (tertiary/aromatic N) is 1. The lowest BCUT2D eigenvalue weighted by Crippen LogP contribution is -2.50. The van der Waals surface area contributed by atoms with Crippen LogP contribution in [-0.4, -0.2) is 52.3 Å². The van der Waals surface area contributed by atoms with E-state index in [4.69, 9.17) is 17.0 Å². The van der Waals surface area contributed by atoms with Gasteiger partial charge in [0, 0.05) is 28.5 Å². The first-order chi connectivity index (χ1) is 18.6. The van der Waals surface area contributed by atoms with E-state index in [0.29, 0.717) is 22.8 Å². The minimum absolute atomic E-state index is 0.0626. The predicted octanol–water partition coefficient (Wildman–Crippen LogP) is 7.30. The summed E-state index contributed by atoms with van der Waals surface area (Å²) in [5.74, 6) is -0.642. The summed E-state index contributed by atoms with van der Waals surface area (Å²) in [7, 11) is 0. The van der Waals surface area contributed by atoms with Crippen molar-refractivity contribution < 1.29 is 28.2 Å². The standard InChI is InChI=1S/C29H38ClF3N4O3/c1-5-7-19(24(17-28(2,3)4)36-22-9-6-8-21(30)16-22)14-15-35-27(40)37(18-25(39)29(31,32)33)26(34)20-10-12-23(38)13-11-20/h6,8-13,16,25,34,36,38-39H,5,7,14-15,17-18H2,1-4H3,(H,35,40)/b24-19-,34-26?. The van der Waals surface area contributed by atoms with Gasteiger partial charge in [-0.25, -0.2) is 4.79 Å². The number of amides is 2. The van der Waals surface area contributed by atoms with Crippen molar-refractivity contribution in [1.29, 1.82) is 5.41 Å². The van der Waals surface area contributed by atoms with Gasteiger partial charge in [0.05, 0.1) is 6.54 Å². The smallest absolute Gasteiger partial charge is 0.416 e. The Kier molecular flexibility index (Phi) is 11.9. The van der Waals surface area contributed by atoms with Gasteiger partial charge in [-0.1, -0.05) is 51.8 Å². The summed E-state index contributed by atoms with van der Waals surface area (Å²) in [6.45, 7) is 7.30. The normalized spacial score (nSPS) is 13.3. The summed E-state index contributed by atoms with van der Waals surface area (Å²) in [4.78, 5) is 13.6. The first kappa shape index (κ1) is 33.0. The van der Waals surface area contributed by atoms with Crippen molar-refractivity contribution in [3.05, 3.63) is 70.4 Å². The molecule has 0 fully saturated rings. The van der Waals surface area contributed by atoms with Gasteiger partial charge in [0.2, 0.25) is 0 Å². The van der Waals surface area contributed by atoms with E-state index < -0.39 is 30.7 Å². The van der Waals surface area contributed by atoms with Crippen molar-refractivity contribution in [1.82, 2.24) is 10.2 Å². The Balaban J connectivity index is 2.27. The van der Waals surface area contributed by atoms with Crippen LogP contribution < -0.4 is 10.6 Å². The number of aliphatic hydroxyl groups is 1. The number of carbonyl (C=O) groups excluding carboxylic acids is 1. The number of nitrogens with one attached hydrogen (secondary N) is 3. The van der Waals surface area contributed by atoms with E-state index >= 15 is 0 Å². The molecule has 0 bridgehead atoms. The summed E-state index contributed by atoms with van der Waals surface area (Å²) >= 11 is 6.17. The molecule has 0 saturated carbocycles. The summed E-state index contributed by atoms with van der Waals surface area (Å²) in [6, 6.07) is 11.5. The van der Waals surface area contributed by atoms with E-state index in [1.807, 2.05) is 25.1 Å². The number of aromatic hydroxyl groups is 1. The molecule has 7 nitrogen and oxygen atoms in total. The fourth-order valence-corrected chi connectivity index (χ4v) is 4.19. The molecule has 0 radical (unpaired) electrons. The number of allylic oxidation sites excluding steroid dienone is 1. The van der Waals surface area contributed by atoms with Gasteiger partial charge < -0.3 is 20.8 Å². The number of hydrogen-bond acceptors (Lipinski definition) is 5. The third-order valence-corrected chi connectivity index (χ3v) is 6.13. The lowest BCUT2D eigenvalue weighted by Gasteiger charge is -2.28. The van der Waals surface area contributed by atoms with Crippen molar-refractivity contribution in [3.63, 3.8) is 0 Å². The van der Waals surface area contributed by atoms with Gasteiger partial charge in [0.1, 0.15) is 11.6 Å². The molecule has 5 N–H and O–H groups in total. The molecule has 2 rings (SSSR count). The van der Waals surface area contributed by atoms with E-state index in [0.717, 1.165) is 29.8 Å². The number of phenolic OH excluding ortho intramolecular Hbond substituents is 1. The summed E-state index contributed by atoms with van der Waals surface area (Å²) < 4.78 is 39.4. The Bertz CT molecular complexity index is 1180. The lowest BCUT2D eigenvalue weighted by molar-refractivity contribution is -0.204. The SMILES string of the molecule is CCC/C(CCNC(=O)N(CC(O)C(F)(F)F)C(=N)c1ccc(O)cc1)=C(\CC(C)(C)C)Nc1cccc(Cl)c1. The Morgan fingerprint density at radius 2 is 1.75 bits per heavy atom. The molecule has 0 saturated heterocycles. The van der Waals surface area contributed by atoms with E-state index in [1.54, 1.807) is 6.07 Å². The fourth-order valence-electron chi connectivity index (χ4n) is 4.00. The molecule has 220 valence electrons. The van der Waals surface area contributed by atoms with Gasteiger partial charge in [-0.05, 0) is 72.7 Å². The number of aliphatic hydroxyl groups excluding tert-OH is 1. The van der Waals surface area contributed by atoms with Crippen LogP contribution in [0.3, 0.4) is 0 Å². The minimum atomic E-state index is -4.97. The highest BCUT2D eigenvalue weighted by molar-refractivity contribution is 6.30. The van der Waals surface area contributed by atoms with Crippen molar-refractivity contribution in [2.45, 2.75) is 65.7 Å². The third-order valence-electron chi connectivity index (χ3n) is 5.90. The number of alkyl halides is 3. The van der Waals surface area contributed by atoms with Gasteiger partial charge >= 0.3 is 12.2 Å². The average molecular weight is 583 g/mol. The molecule has 0 aliphatic heterocycles. The Morgan fingerprint density at radius 1 is 1.10 bits per heavy atom. The molecular weight excluding hydrogens is 545 g/mol. The van der Waals surface area contributed by atoms with Crippen LogP contribution in [0.5, 0.6) is 5.75 Å². The number of halogens is 4. The van der Waals surface area contributed by atoms with Gasteiger partial charge in [0.15, 0.2) is 6.10 Å². The van der Waals surface area contributed by atoms with Crippen LogP contribution in [0.1, 0.15) is 58.9 Å². The molecule has 40 heavy (non-hydrogen) atoms. The zero-order valence-electron chi connectivity index (χ0n) is 23.2. The number of carbonyl (C=O) groups is 1. The van der Waals surface area contributed by atoms with Crippen LogP contribution in [0, 0.1) is 10.8 Å². The lowest BCUT2D eigenvalue weighted by atomic mass is 9.87. The van der Waals surface area contributed by atoms with Crippen LogP contribution in [0.2, 0.25) is 5.02 Å². The van der Waals surface area contributed by atoms with E-state index in [2.05, 4.69) is 31.4 Å². The van der Waals surface area contributed by atoms with Crippen molar-refractivity contribution in [3.8, 4) is 5.75 Å². The molecule has 0 aliphatic rings. The topological polar surface area (TPSA) is 109 Å². The molecule has 1 unspecified atom stereocenters. The highest BCUT2D eigenvalue weighted by atomic mass is 35.5. The number of anilines is 1. The second-order valence-corrected chi connectivity index (χ2v) is 11.2. The molecule has 11 heteroatoms. The number of amidine groups is 1. The maximum absolute atomic E-state index is 13.1. The monoisotopic (exact) mass is 582 g/mol. The van der Waals surface area contributed by atoms with Crippen LogP contribution in [0.25, 0.3) is 0 Å². The van der Waals surface area contributed by atoms with Crippen LogP contribution in [-0.2, 0) is 0 Å². The number of hydrogen-bond donors (Lipinski definition) is 5. The molecular formula is C29H38ClF3N4O3. The van der Waals surface area contributed by atoms with Crippen molar-refractivity contribution in [2.24, 2.45) is 5.41 Å². The highest BCUT2D eigenvalue weighted by Gasteiger charge is 2.41. The maximum atomic E-state index is 13.1. The van der Waals surface area contributed by atoms with Crippen LogP contribution >= 0.6 is 11.6 Å². The van der Waals surface area contributed by atoms with E-state index in [1.165, 1.54) is 24.3 Å². The zero-order chi connectivity index (χ0) is 30.1. The third kappa shape index (κ3) is 10.7. The van der Waals surface area contributed by atoms with Gasteiger partial charge in [-0.3, -0.25) is 10.3 Å². The fraction of sp³-hybridized carbons (Fsp3) is 0.448. The van der Waals surface area contributed by atoms with Crippen LogP contribution in [0.4, 0.5) is 23.7 Å². The Hall–Kier alpha value is -3.24. The Morgan fingerprint density at radius 3 is 2.30 bits per heavy atom. The first-order valence-electron chi connectivity index (χ1n) is 13.0. The van der Waals surface area contributed by atoms with Crippen molar-refractivity contribution >= 4 is 29.2 Å². The molecule has 0 heterocycles. The number of phenols is 1. The van der Waals surface area contributed by atoms with E-state index in [-0.39, 0.29) is 23.3 Å². The zero-order valence-corrected chi connectivity index (χ0v) is 24.0. The summed E-state index contributed by atoms with van der Waals surface area (Å²) in [6.07, 6.45) is -5.12. The quantitative estimate of drug-likeness (QED) is 0.141. The average Bonchev–Trinajstić information content (AvgIpc) is 2.84. The minimum Gasteiger partial charge on any atom is -0.508 e. The van der Waals surface area contributed by atoms with Gasteiger partial charge in [0.25, 0.3) is 0 Å². The molecule has 2 amide bonds. The maximum Gasteiger partial charge on any atom is 0.416 e. The second kappa shape index (κ2) is 14.4. The van der Waals surface area contributed by atoms with Gasteiger partial charge in [-0.2, -0.15) is 13.2 Å². The number of urea groups is 1. The molecule has 2 aromatic rings. The predicted molar refractivity (Wildman–Crippen MR) is 153 cm³/mol. The van der Waals surface area contributed by atoms with Crippen molar-refractivity contribution in [2.75, 3.05) is 18.4 Å². The molecule has 1 atom stereocenters. The number of rotatable bonds is 11. The highest BCUT2D eigenvalue weighted by Crippen LogP contribution is 2.30. The van der Waals surface area contributed by atoms with Crippen LogP contribution in [0.15, 0.2) is 59.8 Å². The summed E-state index contributed by atoms with van der Waals surface area (Å²) in [5.41, 5.74) is 2.89. The summed E-state index contributed by atoms with van der Waals surface area (Å²) in [5, 5.41) is 34.2. The molecule has 0 aromatic heterocycles. The molecule has 0 spiro atoms. The number of benzene rings is 2. The molecule has 0 aliphatic carbocycles. The second-order valence-electron chi connectivity index (χ2n) is 10.8.